The van der Waals surface area contributed by atoms with Gasteiger partial charge in [0.1, 0.15) is 0 Å². The number of imidazole rings is 1. The van der Waals surface area contributed by atoms with Gasteiger partial charge < -0.3 is 4.98 Å². The van der Waals surface area contributed by atoms with Crippen molar-refractivity contribution in [1.82, 2.24) is 8.96 Å². The molecule has 12 heavy (non-hydrogen) atoms. The molecule has 2 rings (SSSR count). The van der Waals surface area contributed by atoms with Gasteiger partial charge in [0.2, 0.25) is 0 Å². The van der Waals surface area contributed by atoms with Crippen LogP contribution in [0, 0.1) is 0 Å². The van der Waals surface area contributed by atoms with E-state index in [-0.39, 0.29) is 5.69 Å². The summed E-state index contributed by atoms with van der Waals surface area (Å²) < 4.78 is 1.22. The summed E-state index contributed by atoms with van der Waals surface area (Å²) in [6, 6.07) is 5.14. The minimum atomic E-state index is -0.254. The highest BCUT2D eigenvalue weighted by Gasteiger charge is 2.02. The molecule has 0 fully saturated rings. The molecule has 0 unspecified atom stereocenters. The Balaban J connectivity index is 2.98. The maximum Gasteiger partial charge on any atom is 0.336 e. The molecule has 0 radical (unpaired) electrons. The number of nitrogens with one attached hydrogen (secondary N) is 1. The number of halogens is 1. The molecule has 5 heteroatoms. The first-order valence-corrected chi connectivity index (χ1v) is 4.06. The lowest BCUT2D eigenvalue weighted by molar-refractivity contribution is 1.16. The Bertz CT molecular complexity index is 488. The number of hydrogen-bond donors (Lipinski definition) is 2. The second kappa shape index (κ2) is 2.57. The zero-order valence-electron chi connectivity index (χ0n) is 5.91. The fourth-order valence-corrected chi connectivity index (χ4v) is 1.45. The lowest BCUT2D eigenvalue weighted by Gasteiger charge is -1.91. The first-order valence-electron chi connectivity index (χ1n) is 3.28. The third-order valence-electron chi connectivity index (χ3n) is 1.62. The zero-order valence-corrected chi connectivity index (χ0v) is 7.56. The Labute approximate surface area is 78.5 Å². The van der Waals surface area contributed by atoms with Crippen LogP contribution in [-0.2, 0) is 0 Å². The summed E-state index contributed by atoms with van der Waals surface area (Å²) in [5.41, 5.74) is 1.17. The highest BCUT2D eigenvalue weighted by molar-refractivity contribution is 7.78. The predicted molar refractivity (Wildman–Crippen MR) is 52.0 cm³/mol. The molecule has 0 saturated carbocycles. The first kappa shape index (κ1) is 7.76. The molecule has 0 aliphatic carbocycles. The summed E-state index contributed by atoms with van der Waals surface area (Å²) in [7, 11) is 0. The van der Waals surface area contributed by atoms with E-state index in [1.54, 1.807) is 18.2 Å². The molecule has 1 aromatic heterocycles. The van der Waals surface area contributed by atoms with Crippen molar-refractivity contribution >= 4 is 35.4 Å². The molecule has 3 nitrogen and oxygen atoms in total. The number of nitrogens with zero attached hydrogens (tertiary/aromatic N) is 1. The monoisotopic (exact) mass is 200 g/mol. The first-order chi connectivity index (χ1) is 5.68. The van der Waals surface area contributed by atoms with Gasteiger partial charge in [0.05, 0.1) is 11.0 Å². The van der Waals surface area contributed by atoms with E-state index in [1.807, 2.05) is 0 Å². The molecule has 62 valence electrons. The van der Waals surface area contributed by atoms with Crippen molar-refractivity contribution in [1.29, 1.82) is 0 Å². The van der Waals surface area contributed by atoms with E-state index in [1.165, 1.54) is 3.97 Å². The second-order valence-corrected chi connectivity index (χ2v) is 3.24. The van der Waals surface area contributed by atoms with Crippen LogP contribution in [0.5, 0.6) is 0 Å². The van der Waals surface area contributed by atoms with Gasteiger partial charge in [0.15, 0.2) is 0 Å². The van der Waals surface area contributed by atoms with Crippen LogP contribution in [0.2, 0.25) is 5.02 Å². The molecule has 0 amide bonds. The van der Waals surface area contributed by atoms with Crippen molar-refractivity contribution < 1.29 is 0 Å². The summed E-state index contributed by atoms with van der Waals surface area (Å²) in [4.78, 5) is 13.7. The number of benzene rings is 1. The number of aromatic amines is 1. The van der Waals surface area contributed by atoms with Gasteiger partial charge in [-0.15, -0.1) is 0 Å². The van der Waals surface area contributed by atoms with Crippen LogP contribution in [0.25, 0.3) is 11.0 Å². The van der Waals surface area contributed by atoms with Crippen LogP contribution in [0.15, 0.2) is 23.0 Å². The number of fused-ring (bicyclic) bond motifs is 1. The molecular formula is C7H5ClN2OS. The highest BCUT2D eigenvalue weighted by Crippen LogP contribution is 2.16. The van der Waals surface area contributed by atoms with Crippen molar-refractivity contribution in [2.75, 3.05) is 0 Å². The van der Waals surface area contributed by atoms with Crippen LogP contribution < -0.4 is 5.69 Å². The Hall–Kier alpha value is -0.870. The average molecular weight is 201 g/mol. The van der Waals surface area contributed by atoms with Crippen LogP contribution in [0.4, 0.5) is 0 Å². The number of rotatable bonds is 0. The van der Waals surface area contributed by atoms with E-state index in [2.05, 4.69) is 17.8 Å². The van der Waals surface area contributed by atoms with Crippen molar-refractivity contribution in [2.45, 2.75) is 0 Å². The van der Waals surface area contributed by atoms with E-state index in [0.29, 0.717) is 10.5 Å². The quantitative estimate of drug-likeness (QED) is 0.624. The molecule has 2 aromatic rings. The van der Waals surface area contributed by atoms with Crippen LogP contribution in [-0.4, -0.2) is 8.96 Å². The van der Waals surface area contributed by atoms with Gasteiger partial charge in [-0.1, -0.05) is 24.4 Å². The molecule has 0 aliphatic heterocycles. The second-order valence-electron chi connectivity index (χ2n) is 2.40. The van der Waals surface area contributed by atoms with E-state index in [0.717, 1.165) is 5.52 Å². The minimum absolute atomic E-state index is 0.254. The standard InChI is InChI=1S/C7H5ClN2OS/c8-4-1-2-5-6(3-4)10(12)7(11)9-5/h1-3,12H,(H,9,11). The van der Waals surface area contributed by atoms with Crippen LogP contribution >= 0.6 is 24.4 Å². The summed E-state index contributed by atoms with van der Waals surface area (Å²) >= 11 is 9.71. The van der Waals surface area contributed by atoms with E-state index >= 15 is 0 Å². The Morgan fingerprint density at radius 2 is 2.25 bits per heavy atom. The van der Waals surface area contributed by atoms with E-state index < -0.39 is 0 Å². The van der Waals surface area contributed by atoms with Gasteiger partial charge in [0.25, 0.3) is 0 Å². The molecule has 0 spiro atoms. The number of H-pyrrole nitrogens is 1. The molecule has 0 bridgehead atoms. The van der Waals surface area contributed by atoms with Crippen molar-refractivity contribution in [2.24, 2.45) is 0 Å². The Morgan fingerprint density at radius 1 is 1.50 bits per heavy atom. The van der Waals surface area contributed by atoms with E-state index in [9.17, 15) is 4.79 Å². The highest BCUT2D eigenvalue weighted by atomic mass is 35.5. The summed E-state index contributed by atoms with van der Waals surface area (Å²) in [6.45, 7) is 0. The summed E-state index contributed by atoms with van der Waals surface area (Å²) in [5.74, 6) is 0. The van der Waals surface area contributed by atoms with Crippen molar-refractivity contribution in [3.8, 4) is 0 Å². The smallest absolute Gasteiger partial charge is 0.305 e. The van der Waals surface area contributed by atoms with E-state index in [4.69, 9.17) is 11.6 Å². The minimum Gasteiger partial charge on any atom is -0.305 e. The molecule has 0 saturated heterocycles. The zero-order chi connectivity index (χ0) is 8.72. The number of hydrogen-bond acceptors (Lipinski definition) is 2. The predicted octanol–water partition coefficient (Wildman–Crippen LogP) is 1.68. The third kappa shape index (κ3) is 1.04. The molecule has 1 aromatic carbocycles. The third-order valence-corrected chi connectivity index (χ3v) is 2.25. The SMILES string of the molecule is O=c1[nH]c2ccc(Cl)cc2n1S. The average Bonchev–Trinajstić information content (AvgIpc) is 2.31. The van der Waals surface area contributed by atoms with Crippen LogP contribution in [0.3, 0.4) is 0 Å². The molecule has 1 N–H and O–H groups in total. The maximum absolute atomic E-state index is 11.0. The van der Waals surface area contributed by atoms with Gasteiger partial charge in [-0.2, -0.15) is 0 Å². The van der Waals surface area contributed by atoms with Crippen LogP contribution in [0.1, 0.15) is 0 Å². The summed E-state index contributed by atoms with van der Waals surface area (Å²) in [6.07, 6.45) is 0. The largest absolute Gasteiger partial charge is 0.336 e. The van der Waals surface area contributed by atoms with Crippen molar-refractivity contribution in [3.63, 3.8) is 0 Å². The van der Waals surface area contributed by atoms with Gasteiger partial charge >= 0.3 is 5.69 Å². The molecule has 0 atom stereocenters. The summed E-state index contributed by atoms with van der Waals surface area (Å²) in [5, 5.41) is 0.587. The fourth-order valence-electron chi connectivity index (χ4n) is 1.06. The van der Waals surface area contributed by atoms with Gasteiger partial charge in [0, 0.05) is 5.02 Å². The molecular weight excluding hydrogens is 196 g/mol. The maximum atomic E-state index is 11.0. The number of thiol groups is 1. The Kier molecular flexibility index (Phi) is 1.66. The topological polar surface area (TPSA) is 37.8 Å². The lowest BCUT2D eigenvalue weighted by Crippen LogP contribution is -2.07. The fraction of sp³-hybridized carbons (Fsp3) is 0. The lowest BCUT2D eigenvalue weighted by atomic mass is 10.3. The normalized spacial score (nSPS) is 10.8. The molecule has 1 heterocycles. The number of aromatic nitrogens is 2. The van der Waals surface area contributed by atoms with Gasteiger partial charge in [-0.3, -0.25) is 0 Å². The Morgan fingerprint density at radius 3 is 3.00 bits per heavy atom. The van der Waals surface area contributed by atoms with Gasteiger partial charge in [-0.05, 0) is 18.2 Å². The molecule has 0 aliphatic rings. The van der Waals surface area contributed by atoms with Crippen molar-refractivity contribution in [3.05, 3.63) is 33.7 Å². The van der Waals surface area contributed by atoms with Gasteiger partial charge in [-0.25, -0.2) is 8.77 Å².